The third-order valence-corrected chi connectivity index (χ3v) is 7.28. The molecule has 2 atom stereocenters. The second kappa shape index (κ2) is 14.4. The van der Waals surface area contributed by atoms with Crippen molar-refractivity contribution in [1.29, 1.82) is 0 Å². The van der Waals surface area contributed by atoms with Crippen molar-refractivity contribution in [2.24, 2.45) is 0 Å². The molecule has 42 heavy (non-hydrogen) atoms. The number of aliphatic hydroxyl groups is 4. The average Bonchev–Trinajstić information content (AvgIpc) is 3.32. The molecule has 3 aromatic carbocycles. The summed E-state index contributed by atoms with van der Waals surface area (Å²) in [5.74, 6) is -0.738. The molecule has 0 aliphatic rings. The van der Waals surface area contributed by atoms with E-state index in [0.717, 1.165) is 22.5 Å². The van der Waals surface area contributed by atoms with Crippen LogP contribution in [0.4, 0.5) is 10.1 Å². The molecule has 1 unspecified atom stereocenters. The fourth-order valence-electron chi connectivity index (χ4n) is 5.38. The Hall–Kier alpha value is -3.82. The lowest BCUT2D eigenvalue weighted by molar-refractivity contribution is -0.0555. The Bertz CT molecular complexity index is 1440. The van der Waals surface area contributed by atoms with E-state index in [1.807, 2.05) is 79.1 Å². The Morgan fingerprint density at radius 1 is 0.786 bits per heavy atom. The first kappa shape index (κ1) is 31.1. The first-order chi connectivity index (χ1) is 20.2. The summed E-state index contributed by atoms with van der Waals surface area (Å²) >= 11 is 0. The first-order valence-corrected chi connectivity index (χ1v) is 14.3. The lowest BCUT2D eigenvalue weighted by Gasteiger charge is -2.20. The van der Waals surface area contributed by atoms with Crippen LogP contribution in [0.2, 0.25) is 0 Å². The Kier molecular flexibility index (Phi) is 10.7. The lowest BCUT2D eigenvalue weighted by Crippen LogP contribution is -2.22. The molecule has 0 saturated heterocycles. The molecule has 0 bridgehead atoms. The highest BCUT2D eigenvalue weighted by molar-refractivity contribution is 6.12. The van der Waals surface area contributed by atoms with Crippen LogP contribution in [0.5, 0.6) is 0 Å². The maximum Gasteiger partial charge on any atom is 0.258 e. The Morgan fingerprint density at radius 2 is 1.38 bits per heavy atom. The quantitative estimate of drug-likeness (QED) is 0.127. The molecule has 7 nitrogen and oxygen atoms in total. The van der Waals surface area contributed by atoms with Crippen molar-refractivity contribution >= 4 is 11.6 Å². The van der Waals surface area contributed by atoms with E-state index in [1.165, 1.54) is 12.1 Å². The molecule has 1 amide bonds. The third kappa shape index (κ3) is 7.72. The fourth-order valence-corrected chi connectivity index (χ4v) is 5.38. The number of amides is 1. The molecule has 1 aromatic heterocycles. The number of aliphatic hydroxyl groups excluding tert-OH is 3. The average molecular weight is 575 g/mol. The number of benzene rings is 3. The second-order valence-corrected chi connectivity index (χ2v) is 10.9. The molecular formula is C34H39FN2O5. The van der Waals surface area contributed by atoms with Gasteiger partial charge in [-0.05, 0) is 72.7 Å². The van der Waals surface area contributed by atoms with Gasteiger partial charge >= 0.3 is 0 Å². The van der Waals surface area contributed by atoms with Crippen molar-refractivity contribution < 1.29 is 29.6 Å². The van der Waals surface area contributed by atoms with E-state index in [-0.39, 0.29) is 43.3 Å². The van der Waals surface area contributed by atoms with E-state index in [9.17, 15) is 19.4 Å². The number of carbonyl (C=O) groups excluding carboxylic acids is 1. The normalized spacial score (nSPS) is 13.0. The number of carbonyl (C=O) groups is 1. The molecule has 0 spiro atoms. The van der Waals surface area contributed by atoms with Crippen LogP contribution in [-0.2, 0) is 6.54 Å². The second-order valence-electron chi connectivity index (χ2n) is 10.9. The standard InChI is InChI=1S/C34H39FN2O5/c1-22(2)32-31(34(42)36-26-11-7-4-8-12-26)30(23-9-5-3-6-10-23)33(24-13-15-25(35)16-14-24)37(32)20-19-28(39)21-27(38)17-18-29(40)41/h3-16,22,27-29,38-41H,17-21H2,1-2H3,(H,36,42)/t27?,28-/m1/s1. The van der Waals surface area contributed by atoms with E-state index in [2.05, 4.69) is 5.32 Å². The number of nitrogens with zero attached hydrogens (tertiary/aromatic N) is 1. The van der Waals surface area contributed by atoms with Gasteiger partial charge in [0.1, 0.15) is 5.82 Å². The van der Waals surface area contributed by atoms with Crippen molar-refractivity contribution in [2.45, 2.75) is 70.5 Å². The number of rotatable bonds is 13. The van der Waals surface area contributed by atoms with Crippen LogP contribution in [0.25, 0.3) is 22.4 Å². The van der Waals surface area contributed by atoms with Gasteiger partial charge in [0.15, 0.2) is 6.29 Å². The van der Waals surface area contributed by atoms with Crippen molar-refractivity contribution in [3.05, 3.63) is 102 Å². The van der Waals surface area contributed by atoms with Gasteiger partial charge in [0.05, 0.1) is 23.5 Å². The Labute approximate surface area is 245 Å². The summed E-state index contributed by atoms with van der Waals surface area (Å²) in [6.07, 6.45) is -2.77. The van der Waals surface area contributed by atoms with E-state index in [1.54, 1.807) is 12.1 Å². The number of halogens is 1. The van der Waals surface area contributed by atoms with Crippen LogP contribution in [0.15, 0.2) is 84.9 Å². The van der Waals surface area contributed by atoms with Crippen molar-refractivity contribution in [2.75, 3.05) is 5.32 Å². The largest absolute Gasteiger partial charge is 0.393 e. The van der Waals surface area contributed by atoms with Crippen molar-refractivity contribution in [3.8, 4) is 22.4 Å². The SMILES string of the molecule is CC(C)c1c(C(=O)Nc2ccccc2)c(-c2ccccc2)c(-c2ccc(F)cc2)n1CC[C@@H](O)CC(O)CCC(O)O. The van der Waals surface area contributed by atoms with Crippen LogP contribution in [0.3, 0.4) is 0 Å². The van der Waals surface area contributed by atoms with Crippen molar-refractivity contribution in [1.82, 2.24) is 4.57 Å². The maximum atomic E-state index is 14.1. The minimum absolute atomic E-state index is 0.0119. The summed E-state index contributed by atoms with van der Waals surface area (Å²) in [4.78, 5) is 14.1. The Morgan fingerprint density at radius 3 is 1.98 bits per heavy atom. The number of anilines is 1. The molecule has 4 aromatic rings. The summed E-state index contributed by atoms with van der Waals surface area (Å²) < 4.78 is 16.1. The highest BCUT2D eigenvalue weighted by Crippen LogP contribution is 2.42. The van der Waals surface area contributed by atoms with Gasteiger partial charge in [0, 0.05) is 29.9 Å². The van der Waals surface area contributed by atoms with Gasteiger partial charge in [-0.3, -0.25) is 4.79 Å². The summed E-state index contributed by atoms with van der Waals surface area (Å²) in [5.41, 5.74) is 4.94. The molecule has 8 heteroatoms. The first-order valence-electron chi connectivity index (χ1n) is 14.3. The zero-order valence-corrected chi connectivity index (χ0v) is 24.0. The van der Waals surface area contributed by atoms with E-state index >= 15 is 0 Å². The van der Waals surface area contributed by atoms with Gasteiger partial charge in [-0.25, -0.2) is 4.39 Å². The van der Waals surface area contributed by atoms with E-state index in [0.29, 0.717) is 23.4 Å². The lowest BCUT2D eigenvalue weighted by atomic mass is 9.94. The summed E-state index contributed by atoms with van der Waals surface area (Å²) in [5, 5.41) is 42.4. The van der Waals surface area contributed by atoms with Crippen molar-refractivity contribution in [3.63, 3.8) is 0 Å². The molecule has 5 N–H and O–H groups in total. The van der Waals surface area contributed by atoms with Crippen LogP contribution in [-0.4, -0.2) is 49.4 Å². The summed E-state index contributed by atoms with van der Waals surface area (Å²) in [6, 6.07) is 25.0. The molecule has 1 heterocycles. The van der Waals surface area contributed by atoms with Gasteiger partial charge in [0.25, 0.3) is 5.91 Å². The van der Waals surface area contributed by atoms with Gasteiger partial charge in [-0.15, -0.1) is 0 Å². The molecule has 0 aliphatic carbocycles. The molecule has 4 rings (SSSR count). The predicted molar refractivity (Wildman–Crippen MR) is 162 cm³/mol. The molecule has 0 radical (unpaired) electrons. The summed E-state index contributed by atoms with van der Waals surface area (Å²) in [7, 11) is 0. The van der Waals surface area contributed by atoms with Crippen LogP contribution >= 0.6 is 0 Å². The van der Waals surface area contributed by atoms with E-state index < -0.39 is 18.5 Å². The monoisotopic (exact) mass is 574 g/mol. The zero-order valence-electron chi connectivity index (χ0n) is 24.0. The highest BCUT2D eigenvalue weighted by Gasteiger charge is 2.30. The number of hydrogen-bond donors (Lipinski definition) is 5. The smallest absolute Gasteiger partial charge is 0.258 e. The number of nitrogens with one attached hydrogen (secondary N) is 1. The molecular weight excluding hydrogens is 535 g/mol. The molecule has 0 fully saturated rings. The van der Waals surface area contributed by atoms with Gasteiger partial charge in [0.2, 0.25) is 0 Å². The van der Waals surface area contributed by atoms with Gasteiger partial charge in [-0.2, -0.15) is 0 Å². The highest BCUT2D eigenvalue weighted by atomic mass is 19.1. The molecule has 0 saturated carbocycles. The number of para-hydroxylation sites is 1. The molecule has 0 aliphatic heterocycles. The topological polar surface area (TPSA) is 115 Å². The molecule has 222 valence electrons. The Balaban J connectivity index is 1.84. The zero-order chi connectivity index (χ0) is 30.2. The summed E-state index contributed by atoms with van der Waals surface area (Å²) in [6.45, 7) is 4.35. The fraction of sp³-hybridized carbons (Fsp3) is 0.324. The maximum absolute atomic E-state index is 14.1. The third-order valence-electron chi connectivity index (χ3n) is 7.28. The van der Waals surface area contributed by atoms with Crippen LogP contribution < -0.4 is 5.32 Å². The van der Waals surface area contributed by atoms with Gasteiger partial charge < -0.3 is 30.3 Å². The van der Waals surface area contributed by atoms with Crippen LogP contribution in [0, 0.1) is 5.82 Å². The number of aromatic nitrogens is 1. The predicted octanol–water partition coefficient (Wildman–Crippen LogP) is 5.93. The minimum Gasteiger partial charge on any atom is -0.393 e. The minimum atomic E-state index is -1.51. The number of hydrogen-bond acceptors (Lipinski definition) is 5. The van der Waals surface area contributed by atoms with Crippen LogP contribution in [0.1, 0.15) is 61.5 Å². The van der Waals surface area contributed by atoms with E-state index in [4.69, 9.17) is 10.2 Å². The van der Waals surface area contributed by atoms with Gasteiger partial charge in [-0.1, -0.05) is 62.4 Å².